The first-order valence-corrected chi connectivity index (χ1v) is 5.53. The first kappa shape index (κ1) is 13.7. The van der Waals surface area contributed by atoms with Crippen LogP contribution in [0.25, 0.3) is 0 Å². The molecule has 0 spiro atoms. The third-order valence-corrected chi connectivity index (χ3v) is 2.70. The van der Waals surface area contributed by atoms with Gasteiger partial charge in [0.05, 0.1) is 0 Å². The minimum Gasteiger partial charge on any atom is -0.290 e. The van der Waals surface area contributed by atoms with Crippen LogP contribution in [0.1, 0.15) is 13.8 Å². The van der Waals surface area contributed by atoms with Crippen LogP contribution < -0.4 is 5.14 Å². The van der Waals surface area contributed by atoms with E-state index in [1.54, 1.807) is 0 Å². The van der Waals surface area contributed by atoms with E-state index in [-0.39, 0.29) is 5.57 Å². The van der Waals surface area contributed by atoms with Gasteiger partial charge in [-0.25, -0.2) is 17.9 Å². The van der Waals surface area contributed by atoms with Gasteiger partial charge in [0, 0.05) is 5.57 Å². The molecule has 4 nitrogen and oxygen atoms in total. The number of sulfonamides is 1. The SMILES string of the molecule is C=CC(=O)/C(C)=C(F)/C(=C\C)S(N)(=O)=O. The maximum atomic E-state index is 13.5. The van der Waals surface area contributed by atoms with Crippen LogP contribution in [0, 0.1) is 0 Å². The molecule has 0 radical (unpaired) electrons. The molecular formula is C9H12FNO3S. The van der Waals surface area contributed by atoms with Crippen molar-refractivity contribution in [1.82, 2.24) is 0 Å². The highest BCUT2D eigenvalue weighted by Crippen LogP contribution is 2.20. The van der Waals surface area contributed by atoms with Gasteiger partial charge >= 0.3 is 0 Å². The predicted molar refractivity (Wildman–Crippen MR) is 55.9 cm³/mol. The summed E-state index contributed by atoms with van der Waals surface area (Å²) in [7, 11) is -4.16. The van der Waals surface area contributed by atoms with E-state index in [1.165, 1.54) is 6.92 Å². The number of nitrogens with two attached hydrogens (primary N) is 1. The van der Waals surface area contributed by atoms with Gasteiger partial charge in [-0.3, -0.25) is 4.79 Å². The predicted octanol–water partition coefficient (Wildman–Crippen LogP) is 1.18. The highest BCUT2D eigenvalue weighted by Gasteiger charge is 2.20. The van der Waals surface area contributed by atoms with E-state index in [0.29, 0.717) is 0 Å². The molecule has 0 amide bonds. The third kappa shape index (κ3) is 3.41. The van der Waals surface area contributed by atoms with E-state index in [2.05, 4.69) is 6.58 Å². The molecule has 0 fully saturated rings. The molecule has 0 aliphatic rings. The molecule has 0 saturated heterocycles. The minimum atomic E-state index is -4.16. The van der Waals surface area contributed by atoms with Gasteiger partial charge in [-0.1, -0.05) is 12.7 Å². The fourth-order valence-electron chi connectivity index (χ4n) is 0.862. The Hall–Kier alpha value is -1.27. The lowest BCUT2D eigenvalue weighted by molar-refractivity contribution is -0.111. The Morgan fingerprint density at radius 2 is 1.93 bits per heavy atom. The normalized spacial score (nSPS) is 14.5. The number of carbonyl (C=O) groups excluding carboxylic acids is 1. The lowest BCUT2D eigenvalue weighted by Crippen LogP contribution is -2.16. The molecule has 0 bridgehead atoms. The molecule has 0 heterocycles. The number of hydrogen-bond acceptors (Lipinski definition) is 3. The lowest BCUT2D eigenvalue weighted by Gasteiger charge is -2.03. The van der Waals surface area contributed by atoms with Gasteiger partial charge < -0.3 is 0 Å². The van der Waals surface area contributed by atoms with Crippen LogP contribution in [0.4, 0.5) is 4.39 Å². The molecule has 6 heteroatoms. The van der Waals surface area contributed by atoms with E-state index in [0.717, 1.165) is 19.1 Å². The number of ketones is 1. The molecule has 0 unspecified atom stereocenters. The Labute approximate surface area is 88.0 Å². The fourth-order valence-corrected chi connectivity index (χ4v) is 1.59. The summed E-state index contributed by atoms with van der Waals surface area (Å²) in [4.78, 5) is 10.3. The van der Waals surface area contributed by atoms with Crippen molar-refractivity contribution in [2.24, 2.45) is 5.14 Å². The van der Waals surface area contributed by atoms with Gasteiger partial charge in [0.1, 0.15) is 10.7 Å². The Balaban J connectivity index is 5.61. The van der Waals surface area contributed by atoms with Gasteiger partial charge in [0.25, 0.3) is 0 Å². The molecule has 0 aromatic rings. The topological polar surface area (TPSA) is 77.2 Å². The van der Waals surface area contributed by atoms with Gasteiger partial charge in [0.2, 0.25) is 10.0 Å². The Morgan fingerprint density at radius 3 is 2.20 bits per heavy atom. The van der Waals surface area contributed by atoms with E-state index in [1.807, 2.05) is 0 Å². The van der Waals surface area contributed by atoms with Crippen molar-refractivity contribution in [3.8, 4) is 0 Å². The molecule has 84 valence electrons. The van der Waals surface area contributed by atoms with E-state index in [9.17, 15) is 17.6 Å². The van der Waals surface area contributed by atoms with Crippen LogP contribution in [0.5, 0.6) is 0 Å². The van der Waals surface area contributed by atoms with Crippen LogP contribution in [-0.2, 0) is 14.8 Å². The number of carbonyl (C=O) groups is 1. The zero-order valence-corrected chi connectivity index (χ0v) is 9.27. The summed E-state index contributed by atoms with van der Waals surface area (Å²) in [5.41, 5.74) is -0.341. The largest absolute Gasteiger partial charge is 0.290 e. The Bertz CT molecular complexity index is 446. The molecule has 0 aromatic carbocycles. The van der Waals surface area contributed by atoms with E-state index in [4.69, 9.17) is 5.14 Å². The van der Waals surface area contributed by atoms with Crippen LogP contribution in [-0.4, -0.2) is 14.2 Å². The minimum absolute atomic E-state index is 0.341. The standard InChI is InChI=1S/C9H12FNO3S/c1-4-7(12)6(3)9(10)8(5-2)15(11,13)14/h4-5H,1H2,2-3H3,(H2,11,13,14)/b8-5+,9-6-. The summed E-state index contributed by atoms with van der Waals surface area (Å²) in [6.45, 7) is 5.63. The molecule has 0 rings (SSSR count). The summed E-state index contributed by atoms with van der Waals surface area (Å²) >= 11 is 0. The molecule has 0 atom stereocenters. The van der Waals surface area contributed by atoms with Crippen molar-refractivity contribution < 1.29 is 17.6 Å². The molecule has 15 heavy (non-hydrogen) atoms. The maximum absolute atomic E-state index is 13.5. The van der Waals surface area contributed by atoms with Crippen molar-refractivity contribution in [3.05, 3.63) is 35.0 Å². The second-order valence-electron chi connectivity index (χ2n) is 2.71. The average Bonchev–Trinajstić information content (AvgIpc) is 2.14. The van der Waals surface area contributed by atoms with Crippen molar-refractivity contribution >= 4 is 15.8 Å². The third-order valence-electron chi connectivity index (χ3n) is 1.67. The molecule has 0 aromatic heterocycles. The molecular weight excluding hydrogens is 221 g/mol. The zero-order chi connectivity index (χ0) is 12.2. The summed E-state index contributed by atoms with van der Waals surface area (Å²) in [5, 5.41) is 4.76. The van der Waals surface area contributed by atoms with Crippen molar-refractivity contribution in [3.63, 3.8) is 0 Å². The highest BCUT2D eigenvalue weighted by atomic mass is 32.2. The van der Waals surface area contributed by atoms with Crippen LogP contribution >= 0.6 is 0 Å². The average molecular weight is 233 g/mol. The first-order chi connectivity index (χ1) is 6.75. The monoisotopic (exact) mass is 233 g/mol. The quantitative estimate of drug-likeness (QED) is 0.585. The fraction of sp³-hybridized carbons (Fsp3) is 0.222. The van der Waals surface area contributed by atoms with Crippen molar-refractivity contribution in [2.45, 2.75) is 13.8 Å². The molecule has 2 N–H and O–H groups in total. The number of allylic oxidation sites excluding steroid dienone is 4. The molecule has 0 aliphatic heterocycles. The van der Waals surface area contributed by atoms with E-state index < -0.39 is 26.5 Å². The smallest absolute Gasteiger partial charge is 0.240 e. The number of hydrogen-bond donors (Lipinski definition) is 1. The number of halogens is 1. The Kier molecular flexibility index (Phi) is 4.57. The highest BCUT2D eigenvalue weighted by molar-refractivity contribution is 7.93. The molecule has 0 saturated carbocycles. The first-order valence-electron chi connectivity index (χ1n) is 3.98. The second kappa shape index (κ2) is 4.99. The number of rotatable bonds is 4. The summed E-state index contributed by atoms with van der Waals surface area (Å²) in [5.74, 6) is -1.83. The van der Waals surface area contributed by atoms with E-state index >= 15 is 0 Å². The van der Waals surface area contributed by atoms with Gasteiger partial charge in [0.15, 0.2) is 5.78 Å². The van der Waals surface area contributed by atoms with Crippen LogP contribution in [0.2, 0.25) is 0 Å². The van der Waals surface area contributed by atoms with Crippen molar-refractivity contribution in [1.29, 1.82) is 0 Å². The summed E-state index contributed by atoms with van der Waals surface area (Å²) in [6.07, 6.45) is 1.88. The van der Waals surface area contributed by atoms with Crippen LogP contribution in [0.15, 0.2) is 35.0 Å². The lowest BCUT2D eigenvalue weighted by atomic mass is 10.1. The summed E-state index contributed by atoms with van der Waals surface area (Å²) in [6, 6.07) is 0. The zero-order valence-electron chi connectivity index (χ0n) is 8.45. The van der Waals surface area contributed by atoms with Crippen LogP contribution in [0.3, 0.4) is 0 Å². The van der Waals surface area contributed by atoms with Gasteiger partial charge in [-0.2, -0.15) is 0 Å². The maximum Gasteiger partial charge on any atom is 0.240 e. The summed E-state index contributed by atoms with van der Waals surface area (Å²) < 4.78 is 35.3. The van der Waals surface area contributed by atoms with Gasteiger partial charge in [-0.05, 0) is 19.9 Å². The molecule has 0 aliphatic carbocycles. The number of primary sulfonamides is 1. The Morgan fingerprint density at radius 1 is 1.47 bits per heavy atom. The van der Waals surface area contributed by atoms with Gasteiger partial charge in [-0.15, -0.1) is 0 Å². The second-order valence-corrected chi connectivity index (χ2v) is 4.24. The van der Waals surface area contributed by atoms with Crippen molar-refractivity contribution in [2.75, 3.05) is 0 Å².